The van der Waals surface area contributed by atoms with E-state index in [1.807, 2.05) is 13.0 Å². The minimum Gasteiger partial charge on any atom is -0.357 e. The lowest BCUT2D eigenvalue weighted by molar-refractivity contribution is 0.219. The Morgan fingerprint density at radius 2 is 1.63 bits per heavy atom. The molecule has 0 saturated heterocycles. The Bertz CT molecular complexity index is 895. The largest absolute Gasteiger partial charge is 0.357 e. The third kappa shape index (κ3) is 7.12. The van der Waals surface area contributed by atoms with Gasteiger partial charge >= 0.3 is 0 Å². The summed E-state index contributed by atoms with van der Waals surface area (Å²) >= 11 is 0. The second kappa shape index (κ2) is 11.7. The van der Waals surface area contributed by atoms with Gasteiger partial charge in [-0.3, -0.25) is 4.90 Å². The van der Waals surface area contributed by atoms with E-state index in [1.54, 1.807) is 12.1 Å². The normalized spacial score (nSPS) is 13.3. The minimum absolute atomic E-state index is 0.102. The Balaban J connectivity index is 2.10. The number of nitrogens with two attached hydrogens (primary N) is 1. The van der Waals surface area contributed by atoms with Crippen LogP contribution in [0.4, 0.5) is 0 Å². The van der Waals surface area contributed by atoms with E-state index in [4.69, 9.17) is 5.14 Å². The molecule has 0 aromatic heterocycles. The number of aliphatic imine (C=N–C) groups is 1. The molecule has 2 rings (SSSR count). The maximum absolute atomic E-state index is 11.4. The van der Waals surface area contributed by atoms with Crippen molar-refractivity contribution in [2.24, 2.45) is 10.1 Å². The number of nitrogens with zero attached hydrogens (tertiary/aromatic N) is 2. The van der Waals surface area contributed by atoms with Gasteiger partial charge in [-0.15, -0.1) is 0 Å². The van der Waals surface area contributed by atoms with Crippen LogP contribution >= 0.6 is 0 Å². The van der Waals surface area contributed by atoms with Crippen LogP contribution in [-0.4, -0.2) is 45.5 Å². The van der Waals surface area contributed by atoms with Crippen LogP contribution in [0.1, 0.15) is 37.9 Å². The molecule has 30 heavy (non-hydrogen) atoms. The molecule has 1 atom stereocenters. The van der Waals surface area contributed by atoms with Gasteiger partial charge in [-0.25, -0.2) is 18.5 Å². The topological polar surface area (TPSA) is 99.8 Å². The van der Waals surface area contributed by atoms with E-state index in [9.17, 15) is 8.42 Å². The number of benzene rings is 2. The van der Waals surface area contributed by atoms with Gasteiger partial charge in [0.25, 0.3) is 0 Å². The van der Waals surface area contributed by atoms with Gasteiger partial charge in [-0.05, 0) is 43.3 Å². The molecule has 4 N–H and O–H groups in total. The van der Waals surface area contributed by atoms with Crippen LogP contribution in [0.5, 0.6) is 0 Å². The molecule has 0 heterocycles. The fraction of sp³-hybridized carbons (Fsp3) is 0.409. The standard InChI is InChI=1S/C22H33N5O2S/c1-4-24-22(25-16-18-12-14-20(15-13-18)30(23,28)29)26-17-21(27(5-2)6-3)19-10-8-7-9-11-19/h7-15,21H,4-6,16-17H2,1-3H3,(H2,23,28,29)(H2,24,25,26). The smallest absolute Gasteiger partial charge is 0.238 e. The zero-order chi connectivity index (χ0) is 22.0. The maximum atomic E-state index is 11.4. The van der Waals surface area contributed by atoms with Crippen molar-refractivity contribution in [1.29, 1.82) is 0 Å². The average Bonchev–Trinajstić information content (AvgIpc) is 2.75. The SMILES string of the molecule is CCNC(=NCc1ccc(S(N)(=O)=O)cc1)NCC(c1ccccc1)N(CC)CC. The van der Waals surface area contributed by atoms with Crippen LogP contribution in [0.2, 0.25) is 0 Å². The molecule has 164 valence electrons. The van der Waals surface area contributed by atoms with Gasteiger partial charge in [0.2, 0.25) is 10.0 Å². The van der Waals surface area contributed by atoms with Crippen LogP contribution in [0.25, 0.3) is 0 Å². The van der Waals surface area contributed by atoms with Gasteiger partial charge < -0.3 is 10.6 Å². The van der Waals surface area contributed by atoms with Crippen LogP contribution in [0.15, 0.2) is 64.5 Å². The summed E-state index contributed by atoms with van der Waals surface area (Å²) in [6.45, 7) is 10.2. The summed E-state index contributed by atoms with van der Waals surface area (Å²) in [7, 11) is -3.68. The first-order valence-electron chi connectivity index (χ1n) is 10.3. The molecule has 7 nitrogen and oxygen atoms in total. The summed E-state index contributed by atoms with van der Waals surface area (Å²) in [5.41, 5.74) is 2.17. The minimum atomic E-state index is -3.68. The van der Waals surface area contributed by atoms with Crippen molar-refractivity contribution >= 4 is 16.0 Å². The molecule has 0 aliphatic carbocycles. The Kier molecular flexibility index (Phi) is 9.29. The molecule has 8 heteroatoms. The van der Waals surface area contributed by atoms with Gasteiger partial charge in [0.15, 0.2) is 5.96 Å². The van der Waals surface area contributed by atoms with Gasteiger partial charge in [0.05, 0.1) is 17.5 Å². The first kappa shape index (κ1) is 23.9. The summed E-state index contributed by atoms with van der Waals surface area (Å²) in [6.07, 6.45) is 0. The lowest BCUT2D eigenvalue weighted by Gasteiger charge is -2.30. The van der Waals surface area contributed by atoms with Crippen molar-refractivity contribution in [2.45, 2.75) is 38.3 Å². The first-order valence-corrected chi connectivity index (χ1v) is 11.9. The molecule has 2 aromatic rings. The van der Waals surface area contributed by atoms with E-state index in [2.05, 4.69) is 58.6 Å². The van der Waals surface area contributed by atoms with Gasteiger partial charge in [-0.1, -0.05) is 56.3 Å². The van der Waals surface area contributed by atoms with Crippen molar-refractivity contribution in [3.05, 3.63) is 65.7 Å². The highest BCUT2D eigenvalue weighted by molar-refractivity contribution is 7.89. The van der Waals surface area contributed by atoms with E-state index >= 15 is 0 Å². The molecule has 0 bridgehead atoms. The fourth-order valence-corrected chi connectivity index (χ4v) is 3.80. The molecule has 2 aromatic carbocycles. The number of nitrogens with one attached hydrogen (secondary N) is 2. The van der Waals surface area contributed by atoms with Crippen molar-refractivity contribution in [1.82, 2.24) is 15.5 Å². The number of hydrogen-bond acceptors (Lipinski definition) is 4. The Labute approximate surface area is 180 Å². The van der Waals surface area contributed by atoms with Gasteiger partial charge in [0.1, 0.15) is 0 Å². The number of likely N-dealkylation sites (N-methyl/N-ethyl adjacent to an activating group) is 1. The van der Waals surface area contributed by atoms with Crippen LogP contribution in [-0.2, 0) is 16.6 Å². The fourth-order valence-electron chi connectivity index (χ4n) is 3.29. The second-order valence-electron chi connectivity index (χ2n) is 6.91. The number of guanidine groups is 1. The molecule has 0 saturated carbocycles. The van der Waals surface area contributed by atoms with E-state index < -0.39 is 10.0 Å². The summed E-state index contributed by atoms with van der Waals surface area (Å²) in [5, 5.41) is 11.9. The third-order valence-corrected chi connectivity index (χ3v) is 5.85. The summed E-state index contributed by atoms with van der Waals surface area (Å²) in [6, 6.07) is 17.2. The highest BCUT2D eigenvalue weighted by Gasteiger charge is 2.18. The molecule has 0 aliphatic heterocycles. The zero-order valence-corrected chi connectivity index (χ0v) is 18.8. The van der Waals surface area contributed by atoms with Crippen LogP contribution in [0.3, 0.4) is 0 Å². The molecule has 0 fully saturated rings. The predicted molar refractivity (Wildman–Crippen MR) is 123 cm³/mol. The number of hydrogen-bond donors (Lipinski definition) is 3. The summed E-state index contributed by atoms with van der Waals surface area (Å²) < 4.78 is 22.8. The molecule has 0 amide bonds. The van der Waals surface area contributed by atoms with Gasteiger partial charge in [0, 0.05) is 13.1 Å². The zero-order valence-electron chi connectivity index (χ0n) is 18.0. The first-order chi connectivity index (χ1) is 14.4. The Morgan fingerprint density at radius 3 is 2.17 bits per heavy atom. The lowest BCUT2D eigenvalue weighted by atomic mass is 10.1. The van der Waals surface area contributed by atoms with Crippen molar-refractivity contribution in [3.8, 4) is 0 Å². The predicted octanol–water partition coefficient (Wildman–Crippen LogP) is 2.47. The maximum Gasteiger partial charge on any atom is 0.238 e. The van der Waals surface area contributed by atoms with Crippen LogP contribution in [0, 0.1) is 0 Å². The highest BCUT2D eigenvalue weighted by atomic mass is 32.2. The number of primary sulfonamides is 1. The van der Waals surface area contributed by atoms with Crippen molar-refractivity contribution < 1.29 is 8.42 Å². The average molecular weight is 432 g/mol. The van der Waals surface area contributed by atoms with E-state index in [-0.39, 0.29) is 10.9 Å². The molecule has 1 unspecified atom stereocenters. The van der Waals surface area contributed by atoms with E-state index in [1.165, 1.54) is 17.7 Å². The monoisotopic (exact) mass is 431 g/mol. The van der Waals surface area contributed by atoms with Crippen molar-refractivity contribution in [2.75, 3.05) is 26.2 Å². The second-order valence-corrected chi connectivity index (χ2v) is 8.47. The third-order valence-electron chi connectivity index (χ3n) is 4.92. The number of sulfonamides is 1. The summed E-state index contributed by atoms with van der Waals surface area (Å²) in [5.74, 6) is 0.723. The van der Waals surface area contributed by atoms with Crippen LogP contribution < -0.4 is 15.8 Å². The molecule has 0 spiro atoms. The quantitative estimate of drug-likeness (QED) is 0.396. The summed E-state index contributed by atoms with van der Waals surface area (Å²) in [4.78, 5) is 7.16. The molecule has 0 radical (unpaired) electrons. The highest BCUT2D eigenvalue weighted by Crippen LogP contribution is 2.19. The Morgan fingerprint density at radius 1 is 1.00 bits per heavy atom. The molecular weight excluding hydrogens is 398 g/mol. The van der Waals surface area contributed by atoms with E-state index in [0.29, 0.717) is 6.54 Å². The van der Waals surface area contributed by atoms with Gasteiger partial charge in [-0.2, -0.15) is 0 Å². The number of rotatable bonds is 10. The lowest BCUT2D eigenvalue weighted by Crippen LogP contribution is -2.43. The molecular formula is C22H33N5O2S. The van der Waals surface area contributed by atoms with Crippen molar-refractivity contribution in [3.63, 3.8) is 0 Å². The van der Waals surface area contributed by atoms with E-state index in [0.717, 1.165) is 37.7 Å². The molecule has 0 aliphatic rings. The Hall–Kier alpha value is -2.42.